The van der Waals surface area contributed by atoms with E-state index in [4.69, 9.17) is 4.74 Å². The molecule has 0 spiro atoms. The molecule has 1 N–H and O–H groups in total. The molecule has 1 heterocycles. The Morgan fingerprint density at radius 2 is 1.62 bits per heavy atom. The predicted molar refractivity (Wildman–Crippen MR) is 102 cm³/mol. The van der Waals surface area contributed by atoms with Crippen LogP contribution in [0.3, 0.4) is 0 Å². The Morgan fingerprint density at radius 3 is 2.35 bits per heavy atom. The molecule has 0 saturated heterocycles. The van der Waals surface area contributed by atoms with Crippen molar-refractivity contribution in [3.05, 3.63) is 95.6 Å². The van der Waals surface area contributed by atoms with E-state index in [0.29, 0.717) is 12.1 Å². The van der Waals surface area contributed by atoms with E-state index in [1.54, 1.807) is 7.11 Å². The van der Waals surface area contributed by atoms with Gasteiger partial charge in [0.05, 0.1) is 12.7 Å². The topological polar surface area (TPSA) is 41.6 Å². The number of hydrogen-bond donors (Lipinski definition) is 1. The van der Waals surface area contributed by atoms with Gasteiger partial charge in [0.2, 0.25) is 0 Å². The summed E-state index contributed by atoms with van der Waals surface area (Å²) in [4.78, 5) is 15.1. The number of hydrogen-bond acceptors (Lipinski definition) is 3. The predicted octanol–water partition coefficient (Wildman–Crippen LogP) is 4.46. The maximum atomic E-state index is 13.2. The van der Waals surface area contributed by atoms with E-state index in [9.17, 15) is 4.79 Å². The van der Waals surface area contributed by atoms with Crippen molar-refractivity contribution in [3.63, 3.8) is 0 Å². The maximum absolute atomic E-state index is 13.2. The molecule has 3 aromatic rings. The fourth-order valence-electron chi connectivity index (χ4n) is 3.28. The summed E-state index contributed by atoms with van der Waals surface area (Å²) in [6, 6.07) is 25.5. The van der Waals surface area contributed by atoms with E-state index in [2.05, 4.69) is 5.32 Å². The summed E-state index contributed by atoms with van der Waals surface area (Å²) in [6.07, 6.45) is -0.208. The van der Waals surface area contributed by atoms with Crippen LogP contribution in [0.2, 0.25) is 0 Å². The zero-order valence-corrected chi connectivity index (χ0v) is 14.6. The lowest BCUT2D eigenvalue weighted by molar-refractivity contribution is 0.0666. The number of benzene rings is 3. The number of rotatable bonds is 4. The highest BCUT2D eigenvalue weighted by Crippen LogP contribution is 2.34. The van der Waals surface area contributed by atoms with Crippen LogP contribution in [-0.4, -0.2) is 17.9 Å². The number of nitrogens with one attached hydrogen (secondary N) is 1. The molecule has 1 aliphatic rings. The van der Waals surface area contributed by atoms with Crippen molar-refractivity contribution in [3.8, 4) is 5.75 Å². The highest BCUT2D eigenvalue weighted by Gasteiger charge is 2.32. The molecular formula is C22H20N2O2. The largest absolute Gasteiger partial charge is 0.497 e. The van der Waals surface area contributed by atoms with Crippen LogP contribution in [0.4, 0.5) is 5.69 Å². The summed E-state index contributed by atoms with van der Waals surface area (Å²) in [5.74, 6) is 0.839. The quantitative estimate of drug-likeness (QED) is 0.760. The normalized spacial score (nSPS) is 16.0. The zero-order chi connectivity index (χ0) is 17.9. The van der Waals surface area contributed by atoms with Gasteiger partial charge in [-0.1, -0.05) is 54.6 Å². The zero-order valence-electron chi connectivity index (χ0n) is 14.6. The van der Waals surface area contributed by atoms with Crippen LogP contribution in [0.25, 0.3) is 0 Å². The first-order valence-corrected chi connectivity index (χ1v) is 8.60. The molecule has 1 unspecified atom stereocenters. The fraction of sp³-hybridized carbons (Fsp3) is 0.136. The number of ether oxygens (including phenoxy) is 1. The molecule has 0 aromatic heterocycles. The average Bonchev–Trinajstić information content (AvgIpc) is 2.71. The molecule has 130 valence electrons. The van der Waals surface area contributed by atoms with E-state index >= 15 is 0 Å². The Morgan fingerprint density at radius 1 is 0.923 bits per heavy atom. The fourth-order valence-corrected chi connectivity index (χ4v) is 3.28. The maximum Gasteiger partial charge on any atom is 0.258 e. The van der Waals surface area contributed by atoms with Crippen molar-refractivity contribution in [2.24, 2.45) is 0 Å². The molecule has 0 bridgehead atoms. The molecule has 3 aromatic carbocycles. The molecule has 26 heavy (non-hydrogen) atoms. The van der Waals surface area contributed by atoms with Gasteiger partial charge >= 0.3 is 0 Å². The number of carbonyl (C=O) groups is 1. The van der Waals surface area contributed by atoms with E-state index in [0.717, 1.165) is 22.6 Å². The molecular weight excluding hydrogens is 324 g/mol. The molecule has 4 nitrogen and oxygen atoms in total. The molecule has 1 atom stereocenters. The number of carbonyl (C=O) groups excluding carboxylic acids is 1. The third kappa shape index (κ3) is 3.02. The van der Waals surface area contributed by atoms with Gasteiger partial charge in [-0.05, 0) is 35.4 Å². The minimum absolute atomic E-state index is 0.0315. The second-order valence-corrected chi connectivity index (χ2v) is 6.28. The van der Waals surface area contributed by atoms with Gasteiger partial charge in [-0.15, -0.1) is 0 Å². The van der Waals surface area contributed by atoms with Crippen LogP contribution < -0.4 is 10.1 Å². The summed E-state index contributed by atoms with van der Waals surface area (Å²) in [5, 5.41) is 3.52. The molecule has 0 fully saturated rings. The molecule has 4 rings (SSSR count). The van der Waals surface area contributed by atoms with Crippen molar-refractivity contribution in [2.45, 2.75) is 12.7 Å². The number of amides is 1. The number of methoxy groups -OCH3 is 1. The lowest BCUT2D eigenvalue weighted by Gasteiger charge is -2.38. The Labute approximate surface area is 153 Å². The number of nitrogens with zero attached hydrogens (tertiary/aromatic N) is 1. The van der Waals surface area contributed by atoms with E-state index in [1.807, 2.05) is 83.8 Å². The van der Waals surface area contributed by atoms with Gasteiger partial charge in [0.1, 0.15) is 11.9 Å². The summed E-state index contributed by atoms with van der Waals surface area (Å²) in [6.45, 7) is 0.518. The molecule has 0 aliphatic carbocycles. The summed E-state index contributed by atoms with van der Waals surface area (Å²) in [5.41, 5.74) is 3.69. The highest BCUT2D eigenvalue weighted by atomic mass is 16.5. The molecule has 4 heteroatoms. The molecule has 1 aliphatic heterocycles. The van der Waals surface area contributed by atoms with Crippen LogP contribution in [0.15, 0.2) is 78.9 Å². The van der Waals surface area contributed by atoms with Gasteiger partial charge in [-0.3, -0.25) is 4.79 Å². The second-order valence-electron chi connectivity index (χ2n) is 6.28. The van der Waals surface area contributed by atoms with Crippen molar-refractivity contribution in [2.75, 3.05) is 12.4 Å². The van der Waals surface area contributed by atoms with Gasteiger partial charge in [-0.25, -0.2) is 0 Å². The Bertz CT molecular complexity index is 907. The SMILES string of the molecule is COc1ccc(CN2C(=O)c3ccccc3NC2c2ccccc2)cc1. The molecule has 0 saturated carbocycles. The van der Waals surface area contributed by atoms with Crippen LogP contribution in [0, 0.1) is 0 Å². The van der Waals surface area contributed by atoms with E-state index in [1.165, 1.54) is 0 Å². The number of anilines is 1. The van der Waals surface area contributed by atoms with E-state index < -0.39 is 0 Å². The minimum atomic E-state index is -0.208. The highest BCUT2D eigenvalue weighted by molar-refractivity contribution is 6.01. The summed E-state index contributed by atoms with van der Waals surface area (Å²) < 4.78 is 5.22. The average molecular weight is 344 g/mol. The Hall–Kier alpha value is -3.27. The summed E-state index contributed by atoms with van der Waals surface area (Å²) in [7, 11) is 1.65. The van der Waals surface area contributed by atoms with Gasteiger partial charge in [0.15, 0.2) is 0 Å². The standard InChI is InChI=1S/C22H20N2O2/c1-26-18-13-11-16(12-14-18)15-24-21(17-7-3-2-4-8-17)23-20-10-6-5-9-19(20)22(24)25/h2-14,21,23H,15H2,1H3. The van der Waals surface area contributed by atoms with Gasteiger partial charge in [0.25, 0.3) is 5.91 Å². The minimum Gasteiger partial charge on any atom is -0.497 e. The van der Waals surface area contributed by atoms with Crippen LogP contribution in [0.1, 0.15) is 27.7 Å². The van der Waals surface area contributed by atoms with Crippen molar-refractivity contribution < 1.29 is 9.53 Å². The van der Waals surface area contributed by atoms with Crippen LogP contribution >= 0.6 is 0 Å². The molecule has 0 radical (unpaired) electrons. The van der Waals surface area contributed by atoms with Gasteiger partial charge < -0.3 is 15.0 Å². The summed E-state index contributed by atoms with van der Waals surface area (Å²) >= 11 is 0. The monoisotopic (exact) mass is 344 g/mol. The van der Waals surface area contributed by atoms with E-state index in [-0.39, 0.29) is 12.1 Å². The third-order valence-electron chi connectivity index (χ3n) is 4.65. The van der Waals surface area contributed by atoms with Crippen molar-refractivity contribution in [1.82, 2.24) is 4.90 Å². The lowest BCUT2D eigenvalue weighted by atomic mass is 10.0. The first-order valence-electron chi connectivity index (χ1n) is 8.60. The molecule has 1 amide bonds. The second kappa shape index (κ2) is 6.92. The third-order valence-corrected chi connectivity index (χ3v) is 4.65. The Balaban J connectivity index is 1.71. The Kier molecular flexibility index (Phi) is 4.32. The van der Waals surface area contributed by atoms with Crippen molar-refractivity contribution >= 4 is 11.6 Å². The first kappa shape index (κ1) is 16.2. The number of fused-ring (bicyclic) bond motifs is 1. The lowest BCUT2D eigenvalue weighted by Crippen LogP contribution is -2.42. The first-order chi connectivity index (χ1) is 12.8. The van der Waals surface area contributed by atoms with Gasteiger partial charge in [0, 0.05) is 12.2 Å². The van der Waals surface area contributed by atoms with Crippen LogP contribution in [-0.2, 0) is 6.54 Å². The number of para-hydroxylation sites is 1. The van der Waals surface area contributed by atoms with Crippen LogP contribution in [0.5, 0.6) is 5.75 Å². The van der Waals surface area contributed by atoms with Crippen molar-refractivity contribution in [1.29, 1.82) is 0 Å². The smallest absolute Gasteiger partial charge is 0.258 e. The van der Waals surface area contributed by atoms with Gasteiger partial charge in [-0.2, -0.15) is 0 Å².